The number of rotatable bonds is 6. The summed E-state index contributed by atoms with van der Waals surface area (Å²) in [6, 6.07) is 11.3. The van der Waals surface area contributed by atoms with Crippen LogP contribution in [0, 0.1) is 0 Å². The van der Waals surface area contributed by atoms with Crippen LogP contribution in [0.3, 0.4) is 0 Å². The van der Waals surface area contributed by atoms with Gasteiger partial charge in [-0.1, -0.05) is 19.1 Å². The van der Waals surface area contributed by atoms with Crippen LogP contribution >= 0.6 is 11.8 Å². The maximum absolute atomic E-state index is 12.2. The fourth-order valence-electron chi connectivity index (χ4n) is 1.83. The molecule has 1 aromatic carbocycles. The molecule has 0 atom stereocenters. The molecule has 2 N–H and O–H groups in total. The number of nitrogens with one attached hydrogen (secondary N) is 2. The van der Waals surface area contributed by atoms with Crippen molar-refractivity contribution in [2.75, 3.05) is 23.4 Å². The van der Waals surface area contributed by atoms with Crippen molar-refractivity contribution < 1.29 is 4.79 Å². The molecule has 0 unspecified atom stereocenters. The summed E-state index contributed by atoms with van der Waals surface area (Å²) >= 11 is 1.60. The van der Waals surface area contributed by atoms with Crippen molar-refractivity contribution in [1.29, 1.82) is 0 Å². The SMILES string of the molecule is CCCNc1ccc(C(=O)Nc2ccccc2SC)cn1. The zero-order valence-corrected chi connectivity index (χ0v) is 13.0. The van der Waals surface area contributed by atoms with Crippen LogP contribution in [0.2, 0.25) is 0 Å². The molecule has 5 heteroatoms. The van der Waals surface area contributed by atoms with Crippen LogP contribution in [0.4, 0.5) is 11.5 Å². The quantitative estimate of drug-likeness (QED) is 0.795. The van der Waals surface area contributed by atoms with Crippen LogP contribution in [0.1, 0.15) is 23.7 Å². The molecule has 4 nitrogen and oxygen atoms in total. The standard InChI is InChI=1S/C16H19N3OS/c1-3-10-17-15-9-8-12(11-18-15)16(20)19-13-6-4-5-7-14(13)21-2/h4-9,11H,3,10H2,1-2H3,(H,17,18)(H,19,20). The number of hydrogen-bond donors (Lipinski definition) is 2. The number of aromatic nitrogens is 1. The van der Waals surface area contributed by atoms with E-state index in [1.807, 2.05) is 36.6 Å². The van der Waals surface area contributed by atoms with Crippen molar-refractivity contribution in [3.8, 4) is 0 Å². The molecule has 0 saturated heterocycles. The first-order valence-corrected chi connectivity index (χ1v) is 8.11. The van der Waals surface area contributed by atoms with E-state index < -0.39 is 0 Å². The average molecular weight is 301 g/mol. The third kappa shape index (κ3) is 4.23. The fraction of sp³-hybridized carbons (Fsp3) is 0.250. The molecule has 1 aromatic heterocycles. The first-order valence-electron chi connectivity index (χ1n) is 6.89. The molecule has 0 aliphatic rings. The molecular formula is C16H19N3OS. The van der Waals surface area contributed by atoms with Crippen molar-refractivity contribution in [2.45, 2.75) is 18.2 Å². The largest absolute Gasteiger partial charge is 0.370 e. The van der Waals surface area contributed by atoms with Crippen LogP contribution in [-0.4, -0.2) is 23.7 Å². The summed E-state index contributed by atoms with van der Waals surface area (Å²) in [4.78, 5) is 17.5. The number of carbonyl (C=O) groups excluding carboxylic acids is 1. The van der Waals surface area contributed by atoms with Gasteiger partial charge in [0, 0.05) is 17.6 Å². The number of hydrogen-bond acceptors (Lipinski definition) is 4. The highest BCUT2D eigenvalue weighted by molar-refractivity contribution is 7.98. The molecule has 110 valence electrons. The minimum absolute atomic E-state index is 0.147. The Morgan fingerprint density at radius 3 is 2.71 bits per heavy atom. The van der Waals surface area contributed by atoms with E-state index in [4.69, 9.17) is 0 Å². The van der Waals surface area contributed by atoms with Gasteiger partial charge in [-0.25, -0.2) is 4.98 Å². The summed E-state index contributed by atoms with van der Waals surface area (Å²) in [5.74, 6) is 0.643. The topological polar surface area (TPSA) is 54.0 Å². The monoisotopic (exact) mass is 301 g/mol. The lowest BCUT2D eigenvalue weighted by Gasteiger charge is -2.09. The van der Waals surface area contributed by atoms with Gasteiger partial charge in [-0.3, -0.25) is 4.79 Å². The zero-order chi connectivity index (χ0) is 15.1. The molecule has 0 spiro atoms. The number of thioether (sulfide) groups is 1. The molecule has 0 saturated carbocycles. The predicted octanol–water partition coefficient (Wildman–Crippen LogP) is 3.88. The second kappa shape index (κ2) is 7.69. The Morgan fingerprint density at radius 1 is 1.24 bits per heavy atom. The summed E-state index contributed by atoms with van der Waals surface area (Å²) in [7, 11) is 0. The molecule has 0 radical (unpaired) electrons. The second-order valence-corrected chi connectivity index (χ2v) is 5.36. The highest BCUT2D eigenvalue weighted by Gasteiger charge is 2.09. The number of para-hydroxylation sites is 1. The normalized spacial score (nSPS) is 10.2. The van der Waals surface area contributed by atoms with Crippen molar-refractivity contribution >= 4 is 29.2 Å². The smallest absolute Gasteiger partial charge is 0.257 e. The van der Waals surface area contributed by atoms with Gasteiger partial charge in [-0.15, -0.1) is 11.8 Å². The van der Waals surface area contributed by atoms with E-state index in [9.17, 15) is 4.79 Å². The summed E-state index contributed by atoms with van der Waals surface area (Å²) in [5.41, 5.74) is 1.37. The molecule has 21 heavy (non-hydrogen) atoms. The lowest BCUT2D eigenvalue weighted by molar-refractivity contribution is 0.102. The summed E-state index contributed by atoms with van der Waals surface area (Å²) in [6.45, 7) is 2.97. The molecule has 1 heterocycles. The number of benzene rings is 1. The molecule has 0 aliphatic carbocycles. The van der Waals surface area contributed by atoms with Gasteiger partial charge in [0.15, 0.2) is 0 Å². The Labute approximate surface area is 129 Å². The third-order valence-electron chi connectivity index (χ3n) is 2.94. The predicted molar refractivity (Wildman–Crippen MR) is 89.2 cm³/mol. The van der Waals surface area contributed by atoms with Gasteiger partial charge in [0.1, 0.15) is 5.82 Å². The van der Waals surface area contributed by atoms with Gasteiger partial charge in [0.25, 0.3) is 5.91 Å². The van der Waals surface area contributed by atoms with Crippen molar-refractivity contribution in [3.05, 3.63) is 48.2 Å². The van der Waals surface area contributed by atoms with E-state index in [2.05, 4.69) is 22.5 Å². The van der Waals surface area contributed by atoms with E-state index in [-0.39, 0.29) is 5.91 Å². The first-order chi connectivity index (χ1) is 10.2. The summed E-state index contributed by atoms with van der Waals surface area (Å²) in [5, 5.41) is 6.10. The lowest BCUT2D eigenvalue weighted by atomic mass is 10.2. The minimum Gasteiger partial charge on any atom is -0.370 e. The minimum atomic E-state index is -0.147. The van der Waals surface area contributed by atoms with E-state index in [1.54, 1.807) is 24.0 Å². The highest BCUT2D eigenvalue weighted by Crippen LogP contribution is 2.25. The number of carbonyl (C=O) groups is 1. The van der Waals surface area contributed by atoms with Gasteiger partial charge < -0.3 is 10.6 Å². The molecular weight excluding hydrogens is 282 g/mol. The number of nitrogens with zero attached hydrogens (tertiary/aromatic N) is 1. The van der Waals surface area contributed by atoms with Gasteiger partial charge in [-0.2, -0.15) is 0 Å². The Kier molecular flexibility index (Phi) is 5.63. The van der Waals surface area contributed by atoms with Crippen molar-refractivity contribution in [3.63, 3.8) is 0 Å². The second-order valence-electron chi connectivity index (χ2n) is 4.51. The fourth-order valence-corrected chi connectivity index (χ4v) is 2.38. The molecule has 2 rings (SSSR count). The molecule has 0 bridgehead atoms. The number of anilines is 2. The molecule has 0 aliphatic heterocycles. The Morgan fingerprint density at radius 2 is 2.05 bits per heavy atom. The summed E-state index contributed by atoms with van der Waals surface area (Å²) < 4.78 is 0. The maximum Gasteiger partial charge on any atom is 0.257 e. The van der Waals surface area contributed by atoms with E-state index in [0.29, 0.717) is 5.56 Å². The lowest BCUT2D eigenvalue weighted by Crippen LogP contribution is -2.13. The van der Waals surface area contributed by atoms with Crippen LogP contribution < -0.4 is 10.6 Å². The van der Waals surface area contributed by atoms with Crippen molar-refractivity contribution in [2.24, 2.45) is 0 Å². The molecule has 2 aromatic rings. The van der Waals surface area contributed by atoms with E-state index >= 15 is 0 Å². The molecule has 0 fully saturated rings. The highest BCUT2D eigenvalue weighted by atomic mass is 32.2. The van der Waals surface area contributed by atoms with Gasteiger partial charge in [-0.05, 0) is 36.9 Å². The summed E-state index contributed by atoms with van der Waals surface area (Å²) in [6.07, 6.45) is 4.62. The molecule has 1 amide bonds. The number of pyridine rings is 1. The van der Waals surface area contributed by atoms with Crippen LogP contribution in [0.5, 0.6) is 0 Å². The van der Waals surface area contributed by atoms with Crippen molar-refractivity contribution in [1.82, 2.24) is 4.98 Å². The zero-order valence-electron chi connectivity index (χ0n) is 12.2. The Bertz CT molecular complexity index is 599. The number of amides is 1. The van der Waals surface area contributed by atoms with Crippen LogP contribution in [-0.2, 0) is 0 Å². The Hall–Kier alpha value is -2.01. The van der Waals surface area contributed by atoms with Crippen LogP contribution in [0.15, 0.2) is 47.5 Å². The van der Waals surface area contributed by atoms with Gasteiger partial charge >= 0.3 is 0 Å². The Balaban J connectivity index is 2.06. The van der Waals surface area contributed by atoms with Gasteiger partial charge in [0.2, 0.25) is 0 Å². The van der Waals surface area contributed by atoms with E-state index in [0.717, 1.165) is 29.4 Å². The van der Waals surface area contributed by atoms with E-state index in [1.165, 1.54) is 0 Å². The van der Waals surface area contributed by atoms with Gasteiger partial charge in [0.05, 0.1) is 11.3 Å². The van der Waals surface area contributed by atoms with Crippen LogP contribution in [0.25, 0.3) is 0 Å². The third-order valence-corrected chi connectivity index (χ3v) is 3.73. The average Bonchev–Trinajstić information content (AvgIpc) is 2.54. The maximum atomic E-state index is 12.2. The first kappa shape index (κ1) is 15.4.